The quantitative estimate of drug-likeness (QED) is 0.768. The number of aromatic nitrogens is 1. The molecule has 1 aromatic rings. The Morgan fingerprint density at radius 2 is 2.18 bits per heavy atom. The fourth-order valence-corrected chi connectivity index (χ4v) is 2.10. The molecule has 0 radical (unpaired) electrons. The molecule has 17 heavy (non-hydrogen) atoms. The lowest BCUT2D eigenvalue weighted by atomic mass is 10.2. The molecule has 1 fully saturated rings. The summed E-state index contributed by atoms with van der Waals surface area (Å²) in [6.07, 6.45) is 2.84. The number of hydrogen-bond donors (Lipinski definition) is 1. The summed E-state index contributed by atoms with van der Waals surface area (Å²) in [4.78, 5) is 28.9. The normalized spacial score (nSPS) is 20.6. The van der Waals surface area contributed by atoms with Gasteiger partial charge < -0.3 is 5.11 Å². The Labute approximate surface area is 98.1 Å². The van der Waals surface area contributed by atoms with Gasteiger partial charge in [0, 0.05) is 6.20 Å². The molecule has 3 rings (SSSR count). The molecule has 1 aliphatic carbocycles. The molecule has 2 heterocycles. The first kappa shape index (κ1) is 10.4. The number of rotatable bonds is 3. The van der Waals surface area contributed by atoms with E-state index in [4.69, 9.17) is 0 Å². The predicted molar refractivity (Wildman–Crippen MR) is 58.3 cm³/mol. The molecule has 0 bridgehead atoms. The van der Waals surface area contributed by atoms with E-state index in [2.05, 4.69) is 4.98 Å². The van der Waals surface area contributed by atoms with E-state index < -0.39 is 12.0 Å². The first-order valence-electron chi connectivity index (χ1n) is 5.68. The summed E-state index contributed by atoms with van der Waals surface area (Å²) in [6.45, 7) is 0.0820. The molecule has 1 unspecified atom stereocenters. The van der Waals surface area contributed by atoms with Gasteiger partial charge >= 0.3 is 0 Å². The standard InChI is InChI=1S/C12H12N2O3/c15-9(7-3-4-7)6-14-11(16)8-2-1-5-13-10(8)12(14)17/h1-2,5,7,9,15H,3-4,6H2. The van der Waals surface area contributed by atoms with Gasteiger partial charge in [0.1, 0.15) is 5.69 Å². The fraction of sp³-hybridized carbons (Fsp3) is 0.417. The van der Waals surface area contributed by atoms with Crippen LogP contribution in [0.5, 0.6) is 0 Å². The average Bonchev–Trinajstić information content (AvgIpc) is 3.15. The summed E-state index contributed by atoms with van der Waals surface area (Å²) in [5.74, 6) is -0.504. The van der Waals surface area contributed by atoms with Crippen LogP contribution in [0.1, 0.15) is 33.7 Å². The van der Waals surface area contributed by atoms with Gasteiger partial charge in [0.25, 0.3) is 11.8 Å². The first-order chi connectivity index (χ1) is 8.18. The van der Waals surface area contributed by atoms with E-state index in [9.17, 15) is 14.7 Å². The van der Waals surface area contributed by atoms with Gasteiger partial charge in [-0.3, -0.25) is 19.5 Å². The molecule has 2 aliphatic rings. The molecule has 0 spiro atoms. The highest BCUT2D eigenvalue weighted by molar-refractivity contribution is 6.20. The molecular formula is C12H12N2O3. The Kier molecular flexibility index (Phi) is 2.22. The second-order valence-electron chi connectivity index (χ2n) is 4.53. The number of aliphatic hydroxyl groups is 1. The van der Waals surface area contributed by atoms with Crippen molar-refractivity contribution in [3.8, 4) is 0 Å². The maximum atomic E-state index is 11.9. The highest BCUT2D eigenvalue weighted by atomic mass is 16.3. The summed E-state index contributed by atoms with van der Waals surface area (Å²) >= 11 is 0. The van der Waals surface area contributed by atoms with Crippen molar-refractivity contribution >= 4 is 11.8 Å². The lowest BCUT2D eigenvalue weighted by molar-refractivity contribution is 0.0513. The van der Waals surface area contributed by atoms with Gasteiger partial charge in [-0.1, -0.05) is 0 Å². The SMILES string of the molecule is O=C1c2cccnc2C(=O)N1CC(O)C1CC1. The minimum atomic E-state index is -0.600. The number of nitrogens with zero attached hydrogens (tertiary/aromatic N) is 2. The van der Waals surface area contributed by atoms with E-state index in [1.165, 1.54) is 6.20 Å². The van der Waals surface area contributed by atoms with Gasteiger partial charge in [-0.2, -0.15) is 0 Å². The minimum absolute atomic E-state index is 0.0820. The maximum Gasteiger partial charge on any atom is 0.280 e. The van der Waals surface area contributed by atoms with Crippen LogP contribution in [-0.4, -0.2) is 39.5 Å². The lowest BCUT2D eigenvalue weighted by Gasteiger charge is -2.17. The summed E-state index contributed by atoms with van der Waals surface area (Å²) in [7, 11) is 0. The van der Waals surface area contributed by atoms with E-state index in [1.54, 1.807) is 12.1 Å². The highest BCUT2D eigenvalue weighted by Gasteiger charge is 2.40. The van der Waals surface area contributed by atoms with Gasteiger partial charge in [0.05, 0.1) is 18.2 Å². The van der Waals surface area contributed by atoms with E-state index >= 15 is 0 Å². The van der Waals surface area contributed by atoms with Crippen molar-refractivity contribution in [2.75, 3.05) is 6.54 Å². The van der Waals surface area contributed by atoms with Crippen molar-refractivity contribution in [3.05, 3.63) is 29.6 Å². The third kappa shape index (κ3) is 1.63. The smallest absolute Gasteiger partial charge is 0.280 e. The van der Waals surface area contributed by atoms with Crippen LogP contribution in [0.4, 0.5) is 0 Å². The Hall–Kier alpha value is -1.75. The number of imide groups is 1. The summed E-state index contributed by atoms with van der Waals surface area (Å²) in [6, 6.07) is 3.22. The number of fused-ring (bicyclic) bond motifs is 1. The molecule has 2 amide bonds. The van der Waals surface area contributed by atoms with Gasteiger partial charge in [0.15, 0.2) is 0 Å². The molecule has 1 aromatic heterocycles. The van der Waals surface area contributed by atoms with Crippen molar-refractivity contribution in [1.82, 2.24) is 9.88 Å². The van der Waals surface area contributed by atoms with Crippen LogP contribution in [0.2, 0.25) is 0 Å². The van der Waals surface area contributed by atoms with Crippen LogP contribution in [0, 0.1) is 5.92 Å². The summed E-state index contributed by atoms with van der Waals surface area (Å²) < 4.78 is 0. The fourth-order valence-electron chi connectivity index (χ4n) is 2.10. The van der Waals surface area contributed by atoms with Crippen molar-refractivity contribution in [2.24, 2.45) is 5.92 Å². The summed E-state index contributed by atoms with van der Waals surface area (Å²) in [5.41, 5.74) is 0.529. The van der Waals surface area contributed by atoms with E-state index in [-0.39, 0.29) is 24.1 Å². The number of β-amino-alcohol motifs (C(OH)–C–C–N with tert-alkyl or cyclic N) is 1. The van der Waals surface area contributed by atoms with Gasteiger partial charge in [-0.15, -0.1) is 0 Å². The number of carbonyl (C=O) groups is 2. The van der Waals surface area contributed by atoms with Crippen molar-refractivity contribution in [1.29, 1.82) is 0 Å². The van der Waals surface area contributed by atoms with Crippen LogP contribution < -0.4 is 0 Å². The largest absolute Gasteiger partial charge is 0.391 e. The number of carbonyl (C=O) groups excluding carboxylic acids is 2. The number of aliphatic hydroxyl groups excluding tert-OH is 1. The number of pyridine rings is 1. The molecule has 5 heteroatoms. The number of hydrogen-bond acceptors (Lipinski definition) is 4. The van der Waals surface area contributed by atoms with Crippen LogP contribution in [0.3, 0.4) is 0 Å². The Bertz CT molecular complexity index is 461. The highest BCUT2D eigenvalue weighted by Crippen LogP contribution is 2.33. The summed E-state index contributed by atoms with van der Waals surface area (Å²) in [5, 5.41) is 9.80. The lowest BCUT2D eigenvalue weighted by Crippen LogP contribution is -2.37. The van der Waals surface area contributed by atoms with Crippen LogP contribution in [-0.2, 0) is 0 Å². The average molecular weight is 232 g/mol. The molecular weight excluding hydrogens is 220 g/mol. The molecule has 0 saturated heterocycles. The van der Waals surface area contributed by atoms with Gasteiger partial charge in [0.2, 0.25) is 0 Å². The zero-order valence-electron chi connectivity index (χ0n) is 9.17. The zero-order chi connectivity index (χ0) is 12.0. The van der Waals surface area contributed by atoms with Crippen molar-refractivity contribution in [2.45, 2.75) is 18.9 Å². The molecule has 88 valence electrons. The van der Waals surface area contributed by atoms with Gasteiger partial charge in [-0.05, 0) is 30.9 Å². The zero-order valence-corrected chi connectivity index (χ0v) is 9.17. The van der Waals surface area contributed by atoms with Crippen LogP contribution in [0.25, 0.3) is 0 Å². The molecule has 0 aromatic carbocycles. The molecule has 1 saturated carbocycles. The Morgan fingerprint density at radius 1 is 1.41 bits per heavy atom. The topological polar surface area (TPSA) is 70.5 Å². The Morgan fingerprint density at radius 3 is 2.82 bits per heavy atom. The number of amides is 2. The monoisotopic (exact) mass is 232 g/mol. The Balaban J connectivity index is 1.84. The van der Waals surface area contributed by atoms with Crippen molar-refractivity contribution in [3.63, 3.8) is 0 Å². The molecule has 1 aliphatic heterocycles. The predicted octanol–water partition coefficient (Wildman–Crippen LogP) is 0.449. The molecule has 1 N–H and O–H groups in total. The first-order valence-corrected chi connectivity index (χ1v) is 5.68. The second kappa shape index (κ2) is 3.63. The van der Waals surface area contributed by atoms with Crippen molar-refractivity contribution < 1.29 is 14.7 Å². The van der Waals surface area contributed by atoms with E-state index in [0.717, 1.165) is 17.7 Å². The molecule has 5 nitrogen and oxygen atoms in total. The van der Waals surface area contributed by atoms with E-state index in [1.807, 2.05) is 0 Å². The van der Waals surface area contributed by atoms with E-state index in [0.29, 0.717) is 5.56 Å². The van der Waals surface area contributed by atoms with Gasteiger partial charge in [-0.25, -0.2) is 0 Å². The molecule has 1 atom stereocenters. The van der Waals surface area contributed by atoms with Crippen LogP contribution in [0.15, 0.2) is 18.3 Å². The maximum absolute atomic E-state index is 11.9. The third-order valence-corrected chi connectivity index (χ3v) is 3.27. The third-order valence-electron chi connectivity index (χ3n) is 3.27. The minimum Gasteiger partial charge on any atom is -0.391 e. The second-order valence-corrected chi connectivity index (χ2v) is 4.53. The van der Waals surface area contributed by atoms with Crippen LogP contribution >= 0.6 is 0 Å².